The Morgan fingerprint density at radius 1 is 1.31 bits per heavy atom. The predicted molar refractivity (Wildman–Crippen MR) is 95.2 cm³/mol. The summed E-state index contributed by atoms with van der Waals surface area (Å²) in [6.07, 6.45) is 2.37. The van der Waals surface area contributed by atoms with Crippen LogP contribution in [-0.2, 0) is 22.4 Å². The van der Waals surface area contributed by atoms with Crippen molar-refractivity contribution in [1.82, 2.24) is 25.0 Å². The zero-order valence-corrected chi connectivity index (χ0v) is 14.9. The third kappa shape index (κ3) is 3.34. The molecule has 2 amide bonds. The van der Waals surface area contributed by atoms with Gasteiger partial charge in [-0.15, -0.1) is 0 Å². The molecule has 1 aromatic heterocycles. The number of nitrogens with zero attached hydrogens (tertiary/aromatic N) is 4. The van der Waals surface area contributed by atoms with E-state index in [-0.39, 0.29) is 24.3 Å². The van der Waals surface area contributed by atoms with Gasteiger partial charge < -0.3 is 9.80 Å². The molecule has 2 aliphatic rings. The zero-order valence-electron chi connectivity index (χ0n) is 14.9. The second kappa shape index (κ2) is 6.90. The molecule has 4 rings (SSSR count). The van der Waals surface area contributed by atoms with Crippen molar-refractivity contribution in [1.29, 1.82) is 0 Å². The van der Waals surface area contributed by atoms with Crippen molar-refractivity contribution >= 4 is 11.8 Å². The molecule has 7 nitrogen and oxygen atoms in total. The van der Waals surface area contributed by atoms with Crippen molar-refractivity contribution in [3.8, 4) is 0 Å². The van der Waals surface area contributed by atoms with Gasteiger partial charge in [-0.3, -0.25) is 14.7 Å². The highest BCUT2D eigenvalue weighted by molar-refractivity contribution is 5.81. The molecule has 0 bridgehead atoms. The van der Waals surface area contributed by atoms with Gasteiger partial charge >= 0.3 is 0 Å². The first-order valence-corrected chi connectivity index (χ1v) is 9.07. The van der Waals surface area contributed by atoms with E-state index in [4.69, 9.17) is 0 Å². The summed E-state index contributed by atoms with van der Waals surface area (Å²) in [4.78, 5) is 32.6. The van der Waals surface area contributed by atoms with Crippen LogP contribution < -0.4 is 0 Å². The van der Waals surface area contributed by atoms with E-state index in [0.717, 1.165) is 17.8 Å². The van der Waals surface area contributed by atoms with E-state index in [1.165, 1.54) is 0 Å². The third-order valence-corrected chi connectivity index (χ3v) is 5.50. The van der Waals surface area contributed by atoms with Crippen molar-refractivity contribution in [3.63, 3.8) is 0 Å². The molecule has 2 fully saturated rings. The molecule has 0 aliphatic carbocycles. The molecule has 2 saturated heterocycles. The fourth-order valence-electron chi connectivity index (χ4n) is 3.97. The number of H-pyrrole nitrogens is 1. The van der Waals surface area contributed by atoms with Gasteiger partial charge in [0, 0.05) is 33.0 Å². The minimum Gasteiger partial charge on any atom is -0.341 e. The topological polar surface area (TPSA) is 82.2 Å². The number of nitrogens with one attached hydrogen (secondary N) is 1. The maximum absolute atomic E-state index is 12.6. The van der Waals surface area contributed by atoms with Gasteiger partial charge in [0.25, 0.3) is 0 Å². The summed E-state index contributed by atoms with van der Waals surface area (Å²) in [5, 5.41) is 7.12. The Morgan fingerprint density at radius 2 is 2.12 bits per heavy atom. The number of likely N-dealkylation sites (tertiary alicyclic amines) is 2. The molecule has 1 aromatic carbocycles. The molecule has 1 N–H and O–H groups in total. The first-order chi connectivity index (χ1) is 12.6. The maximum atomic E-state index is 12.6. The highest BCUT2D eigenvalue weighted by Crippen LogP contribution is 2.31. The van der Waals surface area contributed by atoms with Crippen molar-refractivity contribution < 1.29 is 9.59 Å². The number of piperidine rings is 1. The van der Waals surface area contributed by atoms with E-state index in [9.17, 15) is 9.59 Å². The normalized spacial score (nSPS) is 22.6. The number of fused-ring (bicyclic) bond motifs is 1. The maximum Gasteiger partial charge on any atom is 0.230 e. The van der Waals surface area contributed by atoms with Gasteiger partial charge in [-0.1, -0.05) is 30.3 Å². The van der Waals surface area contributed by atoms with Crippen LogP contribution in [0.15, 0.2) is 30.3 Å². The molecule has 2 aliphatic heterocycles. The Balaban J connectivity index is 1.36. The van der Waals surface area contributed by atoms with E-state index >= 15 is 0 Å². The Hall–Kier alpha value is -2.70. The van der Waals surface area contributed by atoms with Gasteiger partial charge in [-0.25, -0.2) is 4.98 Å². The van der Waals surface area contributed by atoms with Crippen LogP contribution in [0.25, 0.3) is 0 Å². The molecule has 2 aromatic rings. The van der Waals surface area contributed by atoms with Crippen LogP contribution in [0.5, 0.6) is 0 Å². The summed E-state index contributed by atoms with van der Waals surface area (Å²) < 4.78 is 0. The standard InChI is InChI=1S/C19H23N5O2/c1-23-15-12-24(8-7-14(15)10-18(23)25)19(26)11-17-20-16(21-22-17)9-13-5-3-2-4-6-13/h2-6,14-15H,7-12H2,1H3,(H,20,21,22)/t14-,15-/m1/s1. The van der Waals surface area contributed by atoms with Crippen molar-refractivity contribution in [3.05, 3.63) is 47.5 Å². The van der Waals surface area contributed by atoms with Crippen molar-refractivity contribution in [2.24, 2.45) is 5.92 Å². The molecule has 136 valence electrons. The molecule has 3 heterocycles. The average Bonchev–Trinajstić information content (AvgIpc) is 3.20. The van der Waals surface area contributed by atoms with E-state index in [1.54, 1.807) is 4.90 Å². The van der Waals surface area contributed by atoms with Crippen LogP contribution >= 0.6 is 0 Å². The lowest BCUT2D eigenvalue weighted by Crippen LogP contribution is -2.50. The Labute approximate surface area is 152 Å². The molecule has 0 unspecified atom stereocenters. The second-order valence-electron chi connectivity index (χ2n) is 7.20. The smallest absolute Gasteiger partial charge is 0.230 e. The lowest BCUT2D eigenvalue weighted by molar-refractivity contribution is -0.134. The highest BCUT2D eigenvalue weighted by atomic mass is 16.2. The molecule has 7 heteroatoms. The van der Waals surface area contributed by atoms with E-state index in [1.807, 2.05) is 42.3 Å². The van der Waals surface area contributed by atoms with Gasteiger partial charge in [0.1, 0.15) is 5.82 Å². The van der Waals surface area contributed by atoms with E-state index in [0.29, 0.717) is 37.7 Å². The summed E-state index contributed by atoms with van der Waals surface area (Å²) in [5.41, 5.74) is 1.15. The van der Waals surface area contributed by atoms with E-state index in [2.05, 4.69) is 15.2 Å². The van der Waals surface area contributed by atoms with Crippen LogP contribution in [0.4, 0.5) is 0 Å². The van der Waals surface area contributed by atoms with E-state index < -0.39 is 0 Å². The van der Waals surface area contributed by atoms with Gasteiger partial charge in [0.15, 0.2) is 5.82 Å². The molecular weight excluding hydrogens is 330 g/mol. The van der Waals surface area contributed by atoms with Gasteiger partial charge in [-0.05, 0) is 17.9 Å². The minimum atomic E-state index is 0.0291. The second-order valence-corrected chi connectivity index (χ2v) is 7.20. The number of carbonyl (C=O) groups excluding carboxylic acids is 2. The van der Waals surface area contributed by atoms with Crippen molar-refractivity contribution in [2.75, 3.05) is 20.1 Å². The van der Waals surface area contributed by atoms with Crippen LogP contribution in [0, 0.1) is 5.92 Å². The average molecular weight is 353 g/mol. The number of benzene rings is 1. The minimum absolute atomic E-state index is 0.0291. The predicted octanol–water partition coefficient (Wildman–Crippen LogP) is 1.02. The SMILES string of the molecule is CN1C(=O)C[C@H]2CCN(C(=O)Cc3n[nH]c(Cc4ccccc4)n3)C[C@H]21. The number of rotatable bonds is 4. The number of likely N-dealkylation sites (N-methyl/N-ethyl adjacent to an activating group) is 1. The lowest BCUT2D eigenvalue weighted by Gasteiger charge is -2.37. The van der Waals surface area contributed by atoms with Crippen LogP contribution in [0.3, 0.4) is 0 Å². The quantitative estimate of drug-likeness (QED) is 0.890. The Bertz CT molecular complexity index is 803. The van der Waals surface area contributed by atoms with Crippen LogP contribution in [0.1, 0.15) is 30.1 Å². The monoisotopic (exact) mass is 353 g/mol. The van der Waals surface area contributed by atoms with Gasteiger partial charge in [-0.2, -0.15) is 5.10 Å². The highest BCUT2D eigenvalue weighted by Gasteiger charge is 2.41. The Kier molecular flexibility index (Phi) is 4.44. The molecular formula is C19H23N5O2. The van der Waals surface area contributed by atoms with Crippen LogP contribution in [-0.4, -0.2) is 63.0 Å². The largest absolute Gasteiger partial charge is 0.341 e. The molecule has 0 radical (unpaired) electrons. The fraction of sp³-hybridized carbons (Fsp3) is 0.474. The number of amides is 2. The third-order valence-electron chi connectivity index (χ3n) is 5.50. The first-order valence-electron chi connectivity index (χ1n) is 9.07. The summed E-state index contributed by atoms with van der Waals surface area (Å²) >= 11 is 0. The number of carbonyl (C=O) groups is 2. The van der Waals surface area contributed by atoms with Gasteiger partial charge in [0.05, 0.1) is 12.5 Å². The number of hydrogen-bond donors (Lipinski definition) is 1. The summed E-state index contributed by atoms with van der Waals surface area (Å²) in [6.45, 7) is 1.33. The summed E-state index contributed by atoms with van der Waals surface area (Å²) in [7, 11) is 1.84. The summed E-state index contributed by atoms with van der Waals surface area (Å²) in [6, 6.07) is 10.2. The van der Waals surface area contributed by atoms with Crippen LogP contribution in [0.2, 0.25) is 0 Å². The number of aromatic amines is 1. The molecule has 0 saturated carbocycles. The fourth-order valence-corrected chi connectivity index (χ4v) is 3.97. The van der Waals surface area contributed by atoms with Gasteiger partial charge in [0.2, 0.25) is 11.8 Å². The number of hydrogen-bond acceptors (Lipinski definition) is 4. The summed E-state index contributed by atoms with van der Waals surface area (Å²) in [5.74, 6) is 1.89. The van der Waals surface area contributed by atoms with Crippen molar-refractivity contribution in [2.45, 2.75) is 31.7 Å². The zero-order chi connectivity index (χ0) is 18.1. The lowest BCUT2D eigenvalue weighted by atomic mass is 9.92. The molecule has 0 spiro atoms. The molecule has 2 atom stereocenters. The molecule has 26 heavy (non-hydrogen) atoms. The Morgan fingerprint density at radius 3 is 2.92 bits per heavy atom. The first kappa shape index (κ1) is 16.8. The number of aromatic nitrogens is 3.